The highest BCUT2D eigenvalue weighted by molar-refractivity contribution is 5.97. The number of para-hydroxylation sites is 1. The highest BCUT2D eigenvalue weighted by Crippen LogP contribution is 2.31. The Labute approximate surface area is 268 Å². The summed E-state index contributed by atoms with van der Waals surface area (Å²) in [7, 11) is 1.52. The average molecular weight is 631 g/mol. The minimum atomic E-state index is -0.794. The third-order valence-electron chi connectivity index (χ3n) is 8.88. The summed E-state index contributed by atoms with van der Waals surface area (Å²) >= 11 is 0. The number of rotatable bonds is 15. The van der Waals surface area contributed by atoms with Crippen molar-refractivity contribution in [2.75, 3.05) is 13.7 Å². The van der Waals surface area contributed by atoms with Crippen molar-refractivity contribution >= 4 is 40.6 Å². The molecule has 244 valence electrons. The molecule has 1 aliphatic heterocycles. The number of furan rings is 1. The Balaban J connectivity index is 1.58. The molecule has 1 saturated carbocycles. The molecule has 0 spiro atoms. The van der Waals surface area contributed by atoms with Gasteiger partial charge in [-0.25, -0.2) is 19.2 Å². The number of amides is 1. The number of allylic oxidation sites excluding steroid dienone is 1. The van der Waals surface area contributed by atoms with E-state index in [1.165, 1.54) is 13.2 Å². The molecule has 0 unspecified atom stereocenters. The summed E-state index contributed by atoms with van der Waals surface area (Å²) in [6.45, 7) is 4.33. The van der Waals surface area contributed by atoms with Crippen molar-refractivity contribution in [2.24, 2.45) is 17.8 Å². The van der Waals surface area contributed by atoms with Gasteiger partial charge in [0.1, 0.15) is 35.2 Å². The zero-order chi connectivity index (χ0) is 33.1. The van der Waals surface area contributed by atoms with Crippen LogP contribution in [-0.4, -0.2) is 61.5 Å². The maximum Gasteiger partial charge on any atom is 0.287 e. The van der Waals surface area contributed by atoms with Gasteiger partial charge in [-0.2, -0.15) is 0 Å². The molecule has 11 nitrogen and oxygen atoms in total. The quantitative estimate of drug-likeness (QED) is 0.215. The van der Waals surface area contributed by atoms with E-state index in [1.807, 2.05) is 31.7 Å². The normalized spacial score (nSPS) is 18.2. The second kappa shape index (κ2) is 16.5. The SMILES string of the molecule is COc1cccc2cc(C(=O)N[C@H](C(=C=O)N[C@@H](CC3CCCCC3)C(=C=O)N[C@H](C=C=O)C[C@@H]3CCNC3=C=O)C(C)C)oc12. The Hall–Kier alpha value is -4.77. The van der Waals surface area contributed by atoms with Crippen LogP contribution in [0.25, 0.3) is 11.0 Å². The number of benzene rings is 1. The number of methoxy groups -OCH3 is 1. The van der Waals surface area contributed by atoms with E-state index in [1.54, 1.807) is 30.2 Å². The first-order valence-electron chi connectivity index (χ1n) is 15.9. The molecule has 4 atom stereocenters. The number of ether oxygens (including phenoxy) is 1. The van der Waals surface area contributed by atoms with Crippen LogP contribution in [0.1, 0.15) is 75.8 Å². The van der Waals surface area contributed by atoms with Gasteiger partial charge in [-0.05, 0) is 43.2 Å². The van der Waals surface area contributed by atoms with Crippen LogP contribution in [0.4, 0.5) is 0 Å². The topological polar surface area (TPSA) is 156 Å². The third kappa shape index (κ3) is 8.48. The van der Waals surface area contributed by atoms with Gasteiger partial charge in [-0.15, -0.1) is 0 Å². The van der Waals surface area contributed by atoms with E-state index in [-0.39, 0.29) is 34.9 Å². The van der Waals surface area contributed by atoms with Crippen molar-refractivity contribution in [3.63, 3.8) is 0 Å². The summed E-state index contributed by atoms with van der Waals surface area (Å²) in [4.78, 5) is 61.2. The Bertz CT molecular complexity index is 1580. The predicted octanol–water partition coefficient (Wildman–Crippen LogP) is 3.62. The monoisotopic (exact) mass is 630 g/mol. The van der Waals surface area contributed by atoms with Crippen LogP contribution in [0, 0.1) is 17.8 Å². The largest absolute Gasteiger partial charge is 0.493 e. The van der Waals surface area contributed by atoms with Crippen molar-refractivity contribution in [3.8, 4) is 5.75 Å². The summed E-state index contributed by atoms with van der Waals surface area (Å²) in [6, 6.07) is 4.85. The molecule has 1 aromatic heterocycles. The van der Waals surface area contributed by atoms with E-state index in [0.29, 0.717) is 48.2 Å². The lowest BCUT2D eigenvalue weighted by Gasteiger charge is -2.32. The van der Waals surface area contributed by atoms with Crippen molar-refractivity contribution in [2.45, 2.75) is 83.3 Å². The van der Waals surface area contributed by atoms with Crippen LogP contribution >= 0.6 is 0 Å². The van der Waals surface area contributed by atoms with Crippen LogP contribution in [0.2, 0.25) is 0 Å². The van der Waals surface area contributed by atoms with Crippen LogP contribution in [-0.2, 0) is 19.2 Å². The predicted molar refractivity (Wildman–Crippen MR) is 173 cm³/mol. The van der Waals surface area contributed by atoms with Gasteiger partial charge in [-0.1, -0.05) is 58.1 Å². The Morgan fingerprint density at radius 3 is 2.43 bits per heavy atom. The molecule has 2 fully saturated rings. The number of hydrogen-bond donors (Lipinski definition) is 4. The molecular weight excluding hydrogens is 588 g/mol. The van der Waals surface area contributed by atoms with Crippen molar-refractivity contribution in [3.05, 3.63) is 53.2 Å². The Kier molecular flexibility index (Phi) is 12.2. The lowest BCUT2D eigenvalue weighted by molar-refractivity contribution is 0.0906. The first-order valence-corrected chi connectivity index (χ1v) is 15.9. The van der Waals surface area contributed by atoms with Crippen molar-refractivity contribution < 1.29 is 33.1 Å². The summed E-state index contributed by atoms with van der Waals surface area (Å²) < 4.78 is 11.2. The molecule has 1 aromatic carbocycles. The van der Waals surface area contributed by atoms with Gasteiger partial charge in [0.05, 0.1) is 30.9 Å². The van der Waals surface area contributed by atoms with E-state index < -0.39 is 24.0 Å². The van der Waals surface area contributed by atoms with E-state index >= 15 is 0 Å². The molecule has 4 rings (SSSR count). The lowest BCUT2D eigenvalue weighted by atomic mass is 9.84. The molecule has 2 aliphatic rings. The van der Waals surface area contributed by atoms with Gasteiger partial charge in [0.2, 0.25) is 0 Å². The van der Waals surface area contributed by atoms with E-state index in [0.717, 1.165) is 32.1 Å². The Morgan fingerprint density at radius 1 is 1.02 bits per heavy atom. The lowest BCUT2D eigenvalue weighted by Crippen LogP contribution is -2.49. The minimum absolute atomic E-state index is 0.0536. The van der Waals surface area contributed by atoms with Gasteiger partial charge >= 0.3 is 0 Å². The average Bonchev–Trinajstić information content (AvgIpc) is 3.72. The second-order valence-corrected chi connectivity index (χ2v) is 12.4. The first kappa shape index (κ1) is 34.1. The molecule has 46 heavy (non-hydrogen) atoms. The highest BCUT2D eigenvalue weighted by Gasteiger charge is 2.31. The van der Waals surface area contributed by atoms with Gasteiger partial charge in [0.25, 0.3) is 5.91 Å². The third-order valence-corrected chi connectivity index (χ3v) is 8.88. The fourth-order valence-corrected chi connectivity index (χ4v) is 6.45. The number of carbonyl (C=O) groups is 1. The molecule has 2 heterocycles. The van der Waals surface area contributed by atoms with Gasteiger partial charge < -0.3 is 30.4 Å². The van der Waals surface area contributed by atoms with Crippen LogP contribution < -0.4 is 26.0 Å². The molecule has 4 N–H and O–H groups in total. The molecular formula is C35H42N4O7. The highest BCUT2D eigenvalue weighted by atomic mass is 16.5. The number of nitrogens with one attached hydrogen (secondary N) is 4. The molecule has 1 saturated heterocycles. The molecule has 11 heteroatoms. The van der Waals surface area contributed by atoms with Gasteiger partial charge in [-0.3, -0.25) is 4.79 Å². The molecule has 2 aromatic rings. The Morgan fingerprint density at radius 2 is 1.78 bits per heavy atom. The second-order valence-electron chi connectivity index (χ2n) is 12.4. The summed E-state index contributed by atoms with van der Waals surface area (Å²) in [6.07, 6.45) is 8.08. The van der Waals surface area contributed by atoms with E-state index in [2.05, 4.69) is 21.3 Å². The molecule has 1 amide bonds. The van der Waals surface area contributed by atoms with Crippen molar-refractivity contribution in [1.29, 1.82) is 0 Å². The van der Waals surface area contributed by atoms with Gasteiger partial charge in [0, 0.05) is 23.9 Å². The summed E-state index contributed by atoms with van der Waals surface area (Å²) in [5, 5.41) is 13.0. The maximum atomic E-state index is 13.4. The van der Waals surface area contributed by atoms with E-state index in [9.17, 15) is 24.0 Å². The number of carbonyl (C=O) groups excluding carboxylic acids is 5. The van der Waals surface area contributed by atoms with Crippen molar-refractivity contribution in [1.82, 2.24) is 21.3 Å². The van der Waals surface area contributed by atoms with Crippen LogP contribution in [0.15, 0.2) is 51.8 Å². The fraction of sp³-hybridized carbons (Fsp3) is 0.514. The van der Waals surface area contributed by atoms with Crippen LogP contribution in [0.5, 0.6) is 5.75 Å². The minimum Gasteiger partial charge on any atom is -0.493 e. The number of hydrogen-bond acceptors (Lipinski definition) is 10. The number of fused-ring (bicyclic) bond motifs is 1. The standard InChI is InChI=1S/C35H42N4O7/c1-22(2)33(39-35(44)32-18-25-10-7-11-31(45-3)34(25)46-32)30(21-43)38-27(16-23-8-5-4-6-9-23)29(20-42)37-26(13-15-40)17-24-12-14-36-28(24)19-41/h7,10-11,13,18,22-24,26-27,33,36-38H,4-6,8-9,12,14,16-17H2,1-3H3,(H,39,44)/t24-,26+,27-,33-/m0/s1. The molecule has 1 aliphatic carbocycles. The molecule has 0 radical (unpaired) electrons. The first-order chi connectivity index (χ1) is 22.3. The van der Waals surface area contributed by atoms with Crippen LogP contribution in [0.3, 0.4) is 0 Å². The van der Waals surface area contributed by atoms with E-state index in [4.69, 9.17) is 9.15 Å². The smallest absolute Gasteiger partial charge is 0.287 e. The maximum absolute atomic E-state index is 13.4. The molecule has 0 bridgehead atoms. The zero-order valence-corrected chi connectivity index (χ0v) is 26.6. The summed E-state index contributed by atoms with van der Waals surface area (Å²) in [5.41, 5.74) is 1.07. The van der Waals surface area contributed by atoms with Gasteiger partial charge in [0.15, 0.2) is 17.1 Å². The summed E-state index contributed by atoms with van der Waals surface area (Å²) in [5.74, 6) is 7.60. The zero-order valence-electron chi connectivity index (χ0n) is 26.6. The fourth-order valence-electron chi connectivity index (χ4n) is 6.45.